The van der Waals surface area contributed by atoms with Gasteiger partial charge in [0.1, 0.15) is 17.4 Å². The summed E-state index contributed by atoms with van der Waals surface area (Å²) in [5.74, 6) is -0.749. The Morgan fingerprint density at radius 1 is 1.29 bits per heavy atom. The molecule has 2 N–H and O–H groups in total. The molecule has 0 radical (unpaired) electrons. The summed E-state index contributed by atoms with van der Waals surface area (Å²) in [6.45, 7) is 0. The van der Waals surface area contributed by atoms with Crippen molar-refractivity contribution in [1.29, 1.82) is 5.26 Å². The number of anilines is 1. The quantitative estimate of drug-likeness (QED) is 0.398. The molecule has 0 aliphatic carbocycles. The van der Waals surface area contributed by atoms with Gasteiger partial charge in [-0.2, -0.15) is 10.4 Å². The number of nitrogens with zero attached hydrogens (tertiary/aromatic N) is 4. The normalized spacial score (nSPS) is 10.6. The van der Waals surface area contributed by atoms with Crippen molar-refractivity contribution in [3.05, 3.63) is 85.9 Å². The third kappa shape index (κ3) is 3.88. The Labute approximate surface area is 157 Å². The van der Waals surface area contributed by atoms with Gasteiger partial charge in [-0.25, -0.2) is 14.8 Å². The molecule has 28 heavy (non-hydrogen) atoms. The standard InChI is InChI=1S/C18H11FN6O3/c19-13-6-7-15(25(27)28)12(8-13)10-21-24-18-22-16(11-4-2-1-3-5-11)14(9-20)17(26)23-18/h1-8,10H,(H2,22,23,24,26). The lowest BCUT2D eigenvalue weighted by atomic mass is 10.1. The van der Waals surface area contributed by atoms with E-state index < -0.39 is 16.3 Å². The molecule has 9 nitrogen and oxygen atoms in total. The van der Waals surface area contributed by atoms with E-state index in [4.69, 9.17) is 0 Å². The van der Waals surface area contributed by atoms with Crippen molar-refractivity contribution < 1.29 is 9.31 Å². The Morgan fingerprint density at radius 3 is 2.71 bits per heavy atom. The maximum Gasteiger partial charge on any atom is 0.278 e. The highest BCUT2D eigenvalue weighted by atomic mass is 19.1. The third-order valence-electron chi connectivity index (χ3n) is 3.64. The van der Waals surface area contributed by atoms with Crippen LogP contribution < -0.4 is 11.0 Å². The van der Waals surface area contributed by atoms with Gasteiger partial charge in [-0.05, 0) is 12.1 Å². The lowest BCUT2D eigenvalue weighted by molar-refractivity contribution is -0.385. The number of nitro groups is 1. The summed E-state index contributed by atoms with van der Waals surface area (Å²) < 4.78 is 13.3. The van der Waals surface area contributed by atoms with Crippen LogP contribution in [-0.2, 0) is 0 Å². The topological polar surface area (TPSA) is 137 Å². The molecule has 0 unspecified atom stereocenters. The molecule has 0 spiro atoms. The van der Waals surface area contributed by atoms with E-state index in [0.29, 0.717) is 5.56 Å². The molecule has 10 heteroatoms. The smallest absolute Gasteiger partial charge is 0.278 e. The molecule has 1 heterocycles. The fourth-order valence-corrected chi connectivity index (χ4v) is 2.39. The van der Waals surface area contributed by atoms with Crippen LogP contribution in [0.4, 0.5) is 16.0 Å². The van der Waals surface area contributed by atoms with Crippen molar-refractivity contribution in [2.45, 2.75) is 0 Å². The maximum absolute atomic E-state index is 13.3. The molecule has 1 aromatic heterocycles. The predicted octanol–water partition coefficient (Wildman–Crippen LogP) is 2.80. The molecular weight excluding hydrogens is 367 g/mol. The average molecular weight is 378 g/mol. The zero-order valence-electron chi connectivity index (χ0n) is 14.1. The molecule has 0 aliphatic rings. The van der Waals surface area contributed by atoms with Gasteiger partial charge in [0.05, 0.1) is 22.4 Å². The van der Waals surface area contributed by atoms with Gasteiger partial charge in [0.2, 0.25) is 5.95 Å². The fourth-order valence-electron chi connectivity index (χ4n) is 2.39. The lowest BCUT2D eigenvalue weighted by Gasteiger charge is -2.06. The second kappa shape index (κ2) is 7.88. The second-order valence-electron chi connectivity index (χ2n) is 5.45. The Kier molecular flexibility index (Phi) is 5.18. The van der Waals surface area contributed by atoms with Crippen LogP contribution in [0.15, 0.2) is 58.4 Å². The number of aromatic nitrogens is 2. The first-order valence-electron chi connectivity index (χ1n) is 7.82. The highest BCUT2D eigenvalue weighted by molar-refractivity contribution is 5.85. The Bertz CT molecular complexity index is 1170. The fraction of sp³-hybridized carbons (Fsp3) is 0. The summed E-state index contributed by atoms with van der Waals surface area (Å²) in [6.07, 6.45) is 1.03. The Hall–Kier alpha value is -4.39. The average Bonchev–Trinajstić information content (AvgIpc) is 2.68. The summed E-state index contributed by atoms with van der Waals surface area (Å²) in [5.41, 5.74) is 1.89. The monoisotopic (exact) mass is 378 g/mol. The number of benzene rings is 2. The van der Waals surface area contributed by atoms with Crippen LogP contribution in [0.3, 0.4) is 0 Å². The number of hydrogen-bond acceptors (Lipinski definition) is 7. The van der Waals surface area contributed by atoms with E-state index >= 15 is 0 Å². The molecule has 0 bridgehead atoms. The van der Waals surface area contributed by atoms with Gasteiger partial charge in [0, 0.05) is 11.6 Å². The zero-order valence-corrected chi connectivity index (χ0v) is 14.1. The van der Waals surface area contributed by atoms with Gasteiger partial charge in [0.25, 0.3) is 11.2 Å². The molecule has 138 valence electrons. The van der Waals surface area contributed by atoms with Crippen LogP contribution in [0, 0.1) is 27.3 Å². The van der Waals surface area contributed by atoms with Gasteiger partial charge in [0.15, 0.2) is 0 Å². The summed E-state index contributed by atoms with van der Waals surface area (Å²) in [4.78, 5) is 29.0. The van der Waals surface area contributed by atoms with Crippen molar-refractivity contribution in [2.75, 3.05) is 5.43 Å². The van der Waals surface area contributed by atoms with Gasteiger partial charge in [-0.3, -0.25) is 19.9 Å². The summed E-state index contributed by atoms with van der Waals surface area (Å²) >= 11 is 0. The molecule has 3 aromatic rings. The number of hydrazone groups is 1. The van der Waals surface area contributed by atoms with Crippen molar-refractivity contribution in [3.63, 3.8) is 0 Å². The van der Waals surface area contributed by atoms with Gasteiger partial charge in [-0.15, -0.1) is 0 Å². The molecule has 3 rings (SSSR count). The minimum Gasteiger partial charge on any atom is -0.290 e. The number of rotatable bonds is 5. The minimum absolute atomic E-state index is 0.0724. The van der Waals surface area contributed by atoms with E-state index in [9.17, 15) is 24.6 Å². The van der Waals surface area contributed by atoms with Crippen LogP contribution in [0.2, 0.25) is 0 Å². The summed E-state index contributed by atoms with van der Waals surface area (Å²) in [5, 5.41) is 24.0. The van der Waals surface area contributed by atoms with E-state index in [1.807, 2.05) is 6.07 Å². The number of nitriles is 1. The summed E-state index contributed by atoms with van der Waals surface area (Å²) in [7, 11) is 0. The maximum atomic E-state index is 13.3. The van der Waals surface area contributed by atoms with Gasteiger partial charge >= 0.3 is 0 Å². The number of H-pyrrole nitrogens is 1. The number of halogens is 1. The molecule has 0 amide bonds. The lowest BCUT2D eigenvalue weighted by Crippen LogP contribution is -2.16. The van der Waals surface area contributed by atoms with E-state index in [0.717, 1.165) is 24.4 Å². The van der Waals surface area contributed by atoms with Crippen LogP contribution in [0.1, 0.15) is 11.1 Å². The highest BCUT2D eigenvalue weighted by Gasteiger charge is 2.14. The van der Waals surface area contributed by atoms with Gasteiger partial charge in [-0.1, -0.05) is 30.3 Å². The minimum atomic E-state index is -0.675. The molecule has 0 saturated heterocycles. The van der Waals surface area contributed by atoms with Crippen LogP contribution >= 0.6 is 0 Å². The first-order valence-corrected chi connectivity index (χ1v) is 7.82. The number of nitrogens with one attached hydrogen (secondary N) is 2. The number of nitro benzene ring substituents is 1. The van der Waals surface area contributed by atoms with Crippen LogP contribution in [-0.4, -0.2) is 21.1 Å². The van der Waals surface area contributed by atoms with E-state index in [-0.39, 0.29) is 28.5 Å². The van der Waals surface area contributed by atoms with Gasteiger partial charge < -0.3 is 0 Å². The largest absolute Gasteiger partial charge is 0.290 e. The SMILES string of the molecule is N#Cc1c(-c2ccccc2)nc(NN=Cc2cc(F)ccc2[N+](=O)[O-])[nH]c1=O. The predicted molar refractivity (Wildman–Crippen MR) is 99.3 cm³/mol. The number of aromatic amines is 1. The van der Waals surface area contributed by atoms with Crippen molar-refractivity contribution in [1.82, 2.24) is 9.97 Å². The summed E-state index contributed by atoms with van der Waals surface area (Å²) in [6, 6.07) is 13.4. The first kappa shape index (κ1) is 18.4. The molecule has 0 fully saturated rings. The molecule has 2 aromatic carbocycles. The Balaban J connectivity index is 1.95. The molecule has 0 saturated carbocycles. The van der Waals surface area contributed by atoms with Crippen molar-refractivity contribution in [3.8, 4) is 17.3 Å². The van der Waals surface area contributed by atoms with Crippen LogP contribution in [0.25, 0.3) is 11.3 Å². The van der Waals surface area contributed by atoms with Crippen molar-refractivity contribution >= 4 is 17.9 Å². The van der Waals surface area contributed by atoms with Crippen molar-refractivity contribution in [2.24, 2.45) is 5.10 Å². The van der Waals surface area contributed by atoms with Crippen LogP contribution in [0.5, 0.6) is 0 Å². The molecular formula is C18H11FN6O3. The number of hydrogen-bond donors (Lipinski definition) is 2. The molecule has 0 atom stereocenters. The Morgan fingerprint density at radius 2 is 2.04 bits per heavy atom. The van der Waals surface area contributed by atoms with E-state index in [2.05, 4.69) is 20.5 Å². The first-order chi connectivity index (χ1) is 13.5. The second-order valence-corrected chi connectivity index (χ2v) is 5.45. The zero-order chi connectivity index (χ0) is 20.1. The van der Waals surface area contributed by atoms with E-state index in [1.165, 1.54) is 0 Å². The highest BCUT2D eigenvalue weighted by Crippen LogP contribution is 2.20. The third-order valence-corrected chi connectivity index (χ3v) is 3.64. The molecule has 0 aliphatic heterocycles. The van der Waals surface area contributed by atoms with E-state index in [1.54, 1.807) is 30.3 Å².